The predicted molar refractivity (Wildman–Crippen MR) is 557 cm³/mol. The summed E-state index contributed by atoms with van der Waals surface area (Å²) in [5.41, 5.74) is 18.6. The number of anilines is 1. The molecule has 11 N–H and O–H groups in total. The minimum atomic E-state index is -3.67. The number of aryl methyl sites for hydroxylation is 10. The summed E-state index contributed by atoms with van der Waals surface area (Å²) < 4.78 is 78.5. The van der Waals surface area contributed by atoms with Crippen LogP contribution in [0.1, 0.15) is 127 Å². The summed E-state index contributed by atoms with van der Waals surface area (Å²) in [4.78, 5) is 117. The van der Waals surface area contributed by atoms with Crippen LogP contribution in [0.15, 0.2) is 205 Å². The molecule has 0 aliphatic rings. The van der Waals surface area contributed by atoms with E-state index in [4.69, 9.17) is 66.1 Å². The van der Waals surface area contributed by atoms with Crippen LogP contribution in [0.3, 0.4) is 0 Å². The van der Waals surface area contributed by atoms with Crippen molar-refractivity contribution >= 4 is 219 Å². The molecule has 41 nitrogen and oxygen atoms in total. The van der Waals surface area contributed by atoms with Crippen LogP contribution in [0.2, 0.25) is 10.3 Å². The quantitative estimate of drug-likeness (QED) is 0.0133. The van der Waals surface area contributed by atoms with Crippen LogP contribution in [0.25, 0.3) is 28.2 Å². The molecule has 13 aromatic heterocycles. The van der Waals surface area contributed by atoms with Crippen LogP contribution in [0, 0.1) is 34.6 Å². The minimum absolute atomic E-state index is 0. The third kappa shape index (κ3) is 53.7. The molecule has 2 aromatic carbocycles. The molecule has 759 valence electrons. The summed E-state index contributed by atoms with van der Waals surface area (Å²) in [6.45, 7) is 26.1. The SMILES string of the molecule is C.C.C.C.CC(=O)CBr.CCN(CC)CC.CCOC(=O)Cl.CCc1nccn1C.Cc1cn2c(Br)cnc2c(Cl)n1.Cc1cn2c(Br)cnc2c(NCc2ccc(S(N)(=O)=O)cc2)n1.Cc1cn2cc[n+](C)c2c(=O)[nH]1.Cc1cn2ccnc2c(=O)[nH]1.Cc1cn2ccnc2c(Cl)n1.Cn1ccnc1.Cn1ccnc1C(N)=O.NCc1ccc(S(N)(=O)=O)cc1.O=C=O.O=P(Cl)(Cl)Cl.[B]=NS.[Br-]. The fraction of sp³-hybridized carbons (Fsp3) is 0.329. The number of amides is 1. The van der Waals surface area contributed by atoms with E-state index in [0.717, 1.165) is 61.0 Å². The number of benzene rings is 2. The number of ether oxygens (including phenoxy) is 1. The molecule has 15 aromatic rings. The van der Waals surface area contributed by atoms with Gasteiger partial charge in [0.25, 0.3) is 11.5 Å². The molecule has 0 fully saturated rings. The van der Waals surface area contributed by atoms with Crippen molar-refractivity contribution in [3.05, 3.63) is 264 Å². The molecule has 0 atom stereocenters. The van der Waals surface area contributed by atoms with Crippen molar-refractivity contribution in [2.75, 3.05) is 36.9 Å². The van der Waals surface area contributed by atoms with E-state index < -0.39 is 36.6 Å². The van der Waals surface area contributed by atoms with Gasteiger partial charge in [-0.25, -0.2) is 86.3 Å². The van der Waals surface area contributed by atoms with Crippen molar-refractivity contribution in [1.82, 2.24) is 100 Å². The molecule has 0 bridgehead atoms. The number of sulfonamides is 2. The van der Waals surface area contributed by atoms with Crippen molar-refractivity contribution in [3.63, 3.8) is 0 Å². The Bertz CT molecular complexity index is 6550. The van der Waals surface area contributed by atoms with Crippen molar-refractivity contribution < 1.29 is 71.7 Å². The first-order valence-electron chi connectivity index (χ1n) is 38.3. The number of carbonyl (C=O) groups is 3. The van der Waals surface area contributed by atoms with Crippen LogP contribution in [0.5, 0.6) is 0 Å². The zero-order valence-corrected chi connectivity index (χ0v) is 89.2. The molecule has 1 radical (unpaired) electrons. The zero-order chi connectivity index (χ0) is 101. The van der Waals surface area contributed by atoms with E-state index >= 15 is 0 Å². The van der Waals surface area contributed by atoms with Gasteiger partial charge in [0.2, 0.25) is 25.7 Å². The summed E-state index contributed by atoms with van der Waals surface area (Å²) in [5, 5.41) is 11.3. The summed E-state index contributed by atoms with van der Waals surface area (Å²) in [5.74, 6) is 1.76. The van der Waals surface area contributed by atoms with Crippen LogP contribution in [-0.4, -0.2) is 180 Å². The molecule has 15 rings (SSSR count). The number of nitrogens with zero attached hydrogens (tertiary/aromatic N) is 21. The van der Waals surface area contributed by atoms with Crippen LogP contribution in [0.4, 0.5) is 10.6 Å². The van der Waals surface area contributed by atoms with E-state index in [1.165, 1.54) is 57.0 Å². The number of rotatable bonds is 13. The average Bonchev–Trinajstić information content (AvgIpc) is 1.69. The molecule has 56 heteroatoms. The van der Waals surface area contributed by atoms with E-state index in [9.17, 15) is 45.4 Å². The number of thiol groups is 1. The van der Waals surface area contributed by atoms with Gasteiger partial charge >= 0.3 is 52.7 Å². The molecule has 13 heterocycles. The maximum atomic E-state index is 11.4. The molecule has 138 heavy (non-hydrogen) atoms. The normalized spacial score (nSPS) is 9.83. The number of nitrogens with two attached hydrogens (primary N) is 4. The predicted octanol–water partition coefficient (Wildman–Crippen LogP) is 12.7. The first-order chi connectivity index (χ1) is 62.5. The van der Waals surface area contributed by atoms with Crippen LogP contribution < -0.4 is 59.7 Å². The monoisotopic (exact) mass is 2370 g/mol. The van der Waals surface area contributed by atoms with Gasteiger partial charge in [-0.15, -0.1) is 0 Å². The molecule has 0 aliphatic carbocycles. The van der Waals surface area contributed by atoms with E-state index in [-0.39, 0.29) is 85.4 Å². The van der Waals surface area contributed by atoms with Crippen molar-refractivity contribution in [3.8, 4) is 0 Å². The topological polar surface area (TPSA) is 547 Å². The third-order valence-corrected chi connectivity index (χ3v) is 20.3. The van der Waals surface area contributed by atoms with Gasteiger partial charge in [0.05, 0.1) is 70.3 Å². The second-order valence-corrected chi connectivity index (χ2v) is 39.2. The third-order valence-electron chi connectivity index (χ3n) is 15.8. The Labute approximate surface area is 874 Å². The van der Waals surface area contributed by atoms with E-state index in [1.54, 1.807) is 101 Å². The molecule has 0 aliphatic heterocycles. The van der Waals surface area contributed by atoms with Gasteiger partial charge in [-0.2, -0.15) is 14.0 Å². The molecule has 0 unspecified atom stereocenters. The Balaban J connectivity index is -0.000000469. The number of primary amides is 1. The summed E-state index contributed by atoms with van der Waals surface area (Å²) in [6.07, 6.45) is 37.0. The van der Waals surface area contributed by atoms with Crippen LogP contribution in [-0.2, 0) is 91.4 Å². The summed E-state index contributed by atoms with van der Waals surface area (Å²) >= 11 is 43.2. The number of Topliss-reactive ketones (excluding diaryl/α,β-unsaturated/α-hetero) is 1. The Morgan fingerprint density at radius 2 is 1.06 bits per heavy atom. The Hall–Kier alpha value is -9.60. The number of hydrogen-bond acceptors (Lipinski definition) is 28. The van der Waals surface area contributed by atoms with E-state index in [1.807, 2.05) is 151 Å². The van der Waals surface area contributed by atoms with E-state index in [2.05, 4.69) is 209 Å². The van der Waals surface area contributed by atoms with Crippen LogP contribution >= 0.6 is 134 Å². The van der Waals surface area contributed by atoms with Gasteiger partial charge in [-0.05, 0) is 169 Å². The van der Waals surface area contributed by atoms with Gasteiger partial charge in [-0.1, -0.05) is 121 Å². The van der Waals surface area contributed by atoms with E-state index in [0.29, 0.717) is 69.4 Å². The first-order valence-corrected chi connectivity index (χ1v) is 50.1. The number of alkyl halides is 1. The number of nitrogens with one attached hydrogen (secondary N) is 3. The standard InChI is InChI=1S/C14H14BrN5O2S.C8H9N3O.C7H5BrClN3.C7H6ClN3.C7H7N3O.C7H10N2O2S.C6H10N2.C6H15N.C5H7N3O.C4H6N2.C3H5BrO.C3H5ClO2.CO2.4CH4.BHNS.BrH.Cl3OP/c1-9-8-20-12(15)7-18-14(20)13(19-9)17-6-10-2-4-11(5-3-10)23(16,21)22;1-6-5-11-4-3-10(2)8(11)7(12)9-6;1-4-3-12-5(8)2-10-7(12)6(9)11-4;1-5-4-11-3-2-9-7(11)6(8)10-5;1-5-4-10-3-2-8-6(10)7(11)9-5;8-5-6-1-3-7(4-2-6)12(9,10)11;1-3-6-7-4-5-8(6)2;1-4-7(5-2)6-3;1-8-3-2-7-5(8)4(6)9;1-6-3-2-5-4-6;1-3(5)2-4;1-2-6-3(4)5;2-1-3;;;;;1-2-3;;1-5(2,3)4/h2-5,7-8H,6H2,1H3,(H,17,19)(H2,16,21,22);3-5H,1-2H3;2-3H,1H3;2-4H,1H3;2-4H,1H3,(H,9,11);1-4H,5,8H2,(H2,9,10,11);4-5H,3H2,1-2H3;4-6H2,1-3H3;2-3H,1H3,(H2,6,9);2-4H,1H3;2H2,1H3;2H2,1H3;;4*1H4;3H;1H;. The maximum absolute atomic E-state index is 11.4. The average molecular weight is 2370 g/mol. The second-order valence-electron chi connectivity index (χ2n) is 26.0. The maximum Gasteiger partial charge on any atom is -1.00 e. The number of aromatic amines is 2. The smallest absolute Gasteiger partial charge is 1.00 e. The van der Waals surface area contributed by atoms with Crippen molar-refractivity contribution in [1.29, 1.82) is 0 Å². The first kappa shape index (κ1) is 137. The Kier molecular flexibility index (Phi) is 71.2. The number of halogens is 10. The van der Waals surface area contributed by atoms with Gasteiger partial charge < -0.3 is 75.9 Å². The number of primary sulfonamides is 2. The summed E-state index contributed by atoms with van der Waals surface area (Å²) in [6, 6.07) is 12.5. The molecule has 0 spiro atoms. The largest absolute Gasteiger partial charge is 1.00 e. The molecular weight excluding hydrogens is 2260 g/mol. The zero-order valence-electron chi connectivity index (χ0n) is 74.9. The molecular formula is C82H117BBr4Cl6N28O13PS3. The molecule has 1 amide bonds. The number of hydrogen-bond donors (Lipinski definition) is 8. The Morgan fingerprint density at radius 1 is 0.638 bits per heavy atom. The van der Waals surface area contributed by atoms with Gasteiger partial charge in [-0.3, -0.25) is 32.5 Å². The van der Waals surface area contributed by atoms with Crippen molar-refractivity contribution in [2.24, 2.45) is 54.2 Å². The number of H-pyrrole nitrogens is 2. The fourth-order valence-corrected chi connectivity index (χ4v) is 12.4. The molecule has 0 saturated heterocycles. The Morgan fingerprint density at radius 3 is 1.43 bits per heavy atom. The number of aromatic nitrogens is 21. The fourth-order valence-electron chi connectivity index (χ4n) is 9.92. The van der Waals surface area contributed by atoms with Gasteiger partial charge in [0, 0.05) is 145 Å². The number of fused-ring (bicyclic) bond motifs is 5. The summed E-state index contributed by atoms with van der Waals surface area (Å²) in [7, 11) is 4.60. The van der Waals surface area contributed by atoms with Gasteiger partial charge in [0.15, 0.2) is 38.9 Å². The second kappa shape index (κ2) is 71.8. The van der Waals surface area contributed by atoms with Gasteiger partial charge in [0.1, 0.15) is 39.4 Å². The number of imidazole rings is 8. The number of carbonyl (C=O) groups excluding carboxylic acids is 5. The minimum Gasteiger partial charge on any atom is -1.00 e. The number of ketones is 1. The molecule has 0 saturated carbocycles. The van der Waals surface area contributed by atoms with Crippen molar-refractivity contribution in [2.45, 2.75) is 135 Å².